The number of likely N-dealkylation sites (tertiary alicyclic amines) is 1. The molecule has 0 aliphatic carbocycles. The number of nitrogens with zero attached hydrogens (tertiary/aromatic N) is 1. The largest absolute Gasteiger partial charge is 0.494 e. The van der Waals surface area contributed by atoms with Gasteiger partial charge in [0, 0.05) is 19.1 Å². The predicted molar refractivity (Wildman–Crippen MR) is 116 cm³/mol. The minimum atomic E-state index is -0.700. The van der Waals surface area contributed by atoms with Gasteiger partial charge in [0.2, 0.25) is 0 Å². The number of ether oxygens (including phenoxy) is 1. The van der Waals surface area contributed by atoms with E-state index in [9.17, 15) is 14.0 Å². The number of carbonyl (C=O) groups is 2. The van der Waals surface area contributed by atoms with Crippen LogP contribution in [-0.2, 0) is 14.0 Å². The van der Waals surface area contributed by atoms with Crippen LogP contribution in [0, 0.1) is 5.82 Å². The van der Waals surface area contributed by atoms with Gasteiger partial charge in [-0.2, -0.15) is 0 Å². The van der Waals surface area contributed by atoms with Crippen LogP contribution in [0.25, 0.3) is 0 Å². The summed E-state index contributed by atoms with van der Waals surface area (Å²) in [5.74, 6) is -1.17. The Morgan fingerprint density at radius 1 is 1.19 bits per heavy atom. The van der Waals surface area contributed by atoms with Crippen molar-refractivity contribution in [3.8, 4) is 0 Å². The van der Waals surface area contributed by atoms with E-state index in [1.807, 2.05) is 27.7 Å². The number of halogens is 1. The third-order valence-electron chi connectivity index (χ3n) is 5.94. The Morgan fingerprint density at radius 2 is 1.81 bits per heavy atom. The molecule has 170 valence electrons. The smallest absolute Gasteiger partial charge is 0.444 e. The maximum absolute atomic E-state index is 14.7. The monoisotopic (exact) mass is 434 g/mol. The molecule has 2 aliphatic rings. The Kier molecular flexibility index (Phi) is 6.14. The Bertz CT molecular complexity index is 852. The zero-order valence-corrected chi connectivity index (χ0v) is 19.4. The minimum absolute atomic E-state index is 0.0593. The molecule has 1 atom stereocenters. The average molecular weight is 434 g/mol. The second-order valence-electron chi connectivity index (χ2n) is 10.2. The number of carbonyl (C=O) groups excluding carboxylic acids is 2. The maximum Gasteiger partial charge on any atom is 0.494 e. The summed E-state index contributed by atoms with van der Waals surface area (Å²) in [7, 11) is -0.700. The molecule has 1 aromatic carbocycles. The van der Waals surface area contributed by atoms with E-state index in [1.165, 1.54) is 12.1 Å². The summed E-state index contributed by atoms with van der Waals surface area (Å²) in [6, 6.07) is 4.09. The molecule has 0 radical (unpaired) electrons. The van der Waals surface area contributed by atoms with Crippen molar-refractivity contribution in [2.24, 2.45) is 0 Å². The number of nitrogens with one attached hydrogen (secondary N) is 1. The standard InChI is InChI=1S/C22H32BFN2O5/c1-20(2,3)29-19(28)26-11-10-15(13-26)25-18(27)16-9-8-14(12-17(16)24)23-30-21(4,5)22(6,7)31-23/h8-9,12,15H,10-11,13H2,1-7H3,(H,25,27)/t15-/m0/s1. The van der Waals surface area contributed by atoms with Gasteiger partial charge in [0.15, 0.2) is 0 Å². The maximum atomic E-state index is 14.7. The third-order valence-corrected chi connectivity index (χ3v) is 5.94. The van der Waals surface area contributed by atoms with Crippen LogP contribution in [0.1, 0.15) is 65.2 Å². The molecule has 0 unspecified atom stereocenters. The van der Waals surface area contributed by atoms with Crippen LogP contribution in [-0.4, -0.2) is 60.0 Å². The van der Waals surface area contributed by atoms with Gasteiger partial charge in [-0.25, -0.2) is 9.18 Å². The summed E-state index contributed by atoms with van der Waals surface area (Å²) in [4.78, 5) is 26.3. The molecule has 31 heavy (non-hydrogen) atoms. The van der Waals surface area contributed by atoms with E-state index >= 15 is 0 Å². The second-order valence-corrected chi connectivity index (χ2v) is 10.2. The zero-order valence-electron chi connectivity index (χ0n) is 19.4. The lowest BCUT2D eigenvalue weighted by Crippen LogP contribution is -2.41. The van der Waals surface area contributed by atoms with E-state index in [-0.39, 0.29) is 11.6 Å². The number of hydrogen-bond donors (Lipinski definition) is 1. The fraction of sp³-hybridized carbons (Fsp3) is 0.636. The Morgan fingerprint density at radius 3 is 2.35 bits per heavy atom. The molecule has 2 heterocycles. The van der Waals surface area contributed by atoms with Gasteiger partial charge < -0.3 is 24.3 Å². The lowest BCUT2D eigenvalue weighted by atomic mass is 9.78. The third kappa shape index (κ3) is 5.21. The summed E-state index contributed by atoms with van der Waals surface area (Å²) >= 11 is 0. The molecule has 2 fully saturated rings. The van der Waals surface area contributed by atoms with Crippen molar-refractivity contribution < 1.29 is 28.0 Å². The van der Waals surface area contributed by atoms with Crippen molar-refractivity contribution in [2.45, 2.75) is 77.7 Å². The highest BCUT2D eigenvalue weighted by atomic mass is 19.1. The average Bonchev–Trinajstić information content (AvgIpc) is 3.15. The van der Waals surface area contributed by atoms with Crippen molar-refractivity contribution in [1.82, 2.24) is 10.2 Å². The minimum Gasteiger partial charge on any atom is -0.444 e. The molecule has 3 rings (SSSR count). The highest BCUT2D eigenvalue weighted by Crippen LogP contribution is 2.36. The first kappa shape index (κ1) is 23.5. The molecule has 2 amide bonds. The normalized spacial score (nSPS) is 22.5. The van der Waals surface area contributed by atoms with Crippen LogP contribution in [0.3, 0.4) is 0 Å². The first-order valence-corrected chi connectivity index (χ1v) is 10.6. The Labute approximate surface area is 183 Å². The van der Waals surface area contributed by atoms with Gasteiger partial charge in [0.05, 0.1) is 16.8 Å². The van der Waals surface area contributed by atoms with Crippen molar-refractivity contribution in [1.29, 1.82) is 0 Å². The molecule has 0 bridgehead atoms. The van der Waals surface area contributed by atoms with E-state index in [0.29, 0.717) is 25.0 Å². The molecule has 0 saturated carbocycles. The van der Waals surface area contributed by atoms with Crippen molar-refractivity contribution in [3.05, 3.63) is 29.6 Å². The first-order valence-electron chi connectivity index (χ1n) is 10.6. The van der Waals surface area contributed by atoms with E-state index in [2.05, 4.69) is 5.32 Å². The van der Waals surface area contributed by atoms with E-state index in [0.717, 1.165) is 0 Å². The molecule has 9 heteroatoms. The topological polar surface area (TPSA) is 77.1 Å². The van der Waals surface area contributed by atoms with Gasteiger partial charge >= 0.3 is 13.2 Å². The molecule has 1 N–H and O–H groups in total. The fourth-order valence-electron chi connectivity index (χ4n) is 3.47. The predicted octanol–water partition coefficient (Wildman–Crippen LogP) is 2.86. The summed E-state index contributed by atoms with van der Waals surface area (Å²) in [5, 5.41) is 2.81. The van der Waals surface area contributed by atoms with Gasteiger partial charge in [0.1, 0.15) is 11.4 Å². The van der Waals surface area contributed by atoms with Crippen LogP contribution in [0.4, 0.5) is 9.18 Å². The molecule has 2 aliphatic heterocycles. The van der Waals surface area contributed by atoms with E-state index in [1.54, 1.807) is 31.7 Å². The van der Waals surface area contributed by atoms with Crippen LogP contribution >= 0.6 is 0 Å². The number of benzene rings is 1. The highest BCUT2D eigenvalue weighted by molar-refractivity contribution is 6.62. The molecule has 0 spiro atoms. The van der Waals surface area contributed by atoms with Gasteiger partial charge in [-0.3, -0.25) is 4.79 Å². The summed E-state index contributed by atoms with van der Waals surface area (Å²) < 4.78 is 32.0. The Hall–Kier alpha value is -2.13. The van der Waals surface area contributed by atoms with Crippen molar-refractivity contribution >= 4 is 24.6 Å². The fourth-order valence-corrected chi connectivity index (χ4v) is 3.47. The van der Waals surface area contributed by atoms with Crippen LogP contribution in [0.2, 0.25) is 0 Å². The van der Waals surface area contributed by atoms with Crippen LogP contribution < -0.4 is 10.8 Å². The van der Waals surface area contributed by atoms with Crippen LogP contribution in [0.5, 0.6) is 0 Å². The van der Waals surface area contributed by atoms with Gasteiger partial charge in [0.25, 0.3) is 5.91 Å². The first-order chi connectivity index (χ1) is 14.2. The number of amides is 2. The van der Waals surface area contributed by atoms with E-state index in [4.69, 9.17) is 14.0 Å². The quantitative estimate of drug-likeness (QED) is 0.741. The van der Waals surface area contributed by atoms with Gasteiger partial charge in [-0.05, 0) is 72.5 Å². The number of hydrogen-bond acceptors (Lipinski definition) is 5. The van der Waals surface area contributed by atoms with E-state index < -0.39 is 41.7 Å². The van der Waals surface area contributed by atoms with Crippen molar-refractivity contribution in [2.75, 3.05) is 13.1 Å². The SMILES string of the molecule is CC(C)(C)OC(=O)N1CC[C@H](NC(=O)c2ccc(B3OC(C)(C)C(C)(C)O3)cc2F)C1. The second kappa shape index (κ2) is 8.09. The van der Waals surface area contributed by atoms with Crippen molar-refractivity contribution in [3.63, 3.8) is 0 Å². The number of rotatable bonds is 3. The summed E-state index contributed by atoms with van der Waals surface area (Å²) in [6.07, 6.45) is 0.167. The lowest BCUT2D eigenvalue weighted by Gasteiger charge is -2.32. The molecular formula is C22H32BFN2O5. The van der Waals surface area contributed by atoms with Gasteiger partial charge in [-0.1, -0.05) is 6.07 Å². The summed E-state index contributed by atoms with van der Waals surface area (Å²) in [6.45, 7) is 13.9. The van der Waals surface area contributed by atoms with Crippen LogP contribution in [0.15, 0.2) is 18.2 Å². The molecular weight excluding hydrogens is 402 g/mol. The Balaban J connectivity index is 1.61. The molecule has 2 saturated heterocycles. The zero-order chi connectivity index (χ0) is 23.2. The highest BCUT2D eigenvalue weighted by Gasteiger charge is 2.51. The molecule has 1 aromatic rings. The lowest BCUT2D eigenvalue weighted by molar-refractivity contribution is 0.00578. The molecule has 0 aromatic heterocycles. The molecule has 7 nitrogen and oxygen atoms in total. The summed E-state index contributed by atoms with van der Waals surface area (Å²) in [5.41, 5.74) is -1.19. The van der Waals surface area contributed by atoms with Gasteiger partial charge in [-0.15, -0.1) is 0 Å².